The van der Waals surface area contributed by atoms with E-state index in [1.165, 1.54) is 0 Å². The van der Waals surface area contributed by atoms with Gasteiger partial charge in [0.15, 0.2) is 24.7 Å². The van der Waals surface area contributed by atoms with E-state index in [2.05, 4.69) is 81.7 Å². The highest BCUT2D eigenvalue weighted by Gasteiger charge is 2.27. The zero-order valence-corrected chi connectivity index (χ0v) is 28.6. The molecule has 0 radical (unpaired) electrons. The van der Waals surface area contributed by atoms with Gasteiger partial charge in [-0.25, -0.2) is 14.1 Å². The molecule has 4 aromatic rings. The standard InChI is InChI=1S/C29H35FI2N4O3Si/c1-5-18-16-19(39-17-37-14-15-40(2,3)4)9-10-20(18)21-11-12-22-25(29-33-27(31)28(32)34-29)35-36(26(22)24(21)30)23-8-6-7-13-38-23/h9-12,16,23H,5-8,13-15,17H2,1-4H3,(H,33,34). The maximum absolute atomic E-state index is 16.6. The average Bonchev–Trinajstić information content (AvgIpc) is 3.48. The van der Waals surface area contributed by atoms with Crippen LogP contribution in [0.25, 0.3) is 33.5 Å². The van der Waals surface area contributed by atoms with Crippen LogP contribution in [0.3, 0.4) is 0 Å². The van der Waals surface area contributed by atoms with E-state index >= 15 is 4.39 Å². The topological polar surface area (TPSA) is 74.2 Å². The third-order valence-electron chi connectivity index (χ3n) is 7.13. The number of fused-ring (bicyclic) bond motifs is 1. The third-order valence-corrected chi connectivity index (χ3v) is 11.4. The largest absolute Gasteiger partial charge is 0.468 e. The molecule has 2 aromatic carbocycles. The smallest absolute Gasteiger partial charge is 0.189 e. The maximum atomic E-state index is 16.6. The summed E-state index contributed by atoms with van der Waals surface area (Å²) in [6.07, 6.45) is 3.23. The molecule has 1 atom stereocenters. The summed E-state index contributed by atoms with van der Waals surface area (Å²) in [6, 6.07) is 10.7. The van der Waals surface area contributed by atoms with Crippen LogP contribution in [0.1, 0.15) is 38.0 Å². The number of halogens is 3. The van der Waals surface area contributed by atoms with Crippen molar-refractivity contribution in [1.29, 1.82) is 0 Å². The Morgan fingerprint density at radius 2 is 1.95 bits per heavy atom. The number of aryl methyl sites for hydroxylation is 1. The number of benzene rings is 2. The fourth-order valence-electron chi connectivity index (χ4n) is 4.90. The molecule has 3 heterocycles. The van der Waals surface area contributed by atoms with Crippen molar-refractivity contribution in [3.8, 4) is 28.4 Å². The van der Waals surface area contributed by atoms with E-state index in [4.69, 9.17) is 19.3 Å². The number of aromatic amines is 1. The number of rotatable bonds is 10. The first-order chi connectivity index (χ1) is 19.2. The Morgan fingerprint density at radius 1 is 1.15 bits per heavy atom. The Kier molecular flexibility index (Phi) is 9.54. The summed E-state index contributed by atoms with van der Waals surface area (Å²) in [7, 11) is -1.14. The highest BCUT2D eigenvalue weighted by molar-refractivity contribution is 14.1. The van der Waals surface area contributed by atoms with Gasteiger partial charge in [-0.05, 0) is 106 Å². The minimum Gasteiger partial charge on any atom is -0.468 e. The van der Waals surface area contributed by atoms with Crippen molar-refractivity contribution in [2.75, 3.05) is 20.0 Å². The molecule has 0 amide bonds. The second kappa shape index (κ2) is 12.8. The molecule has 0 saturated carbocycles. The molecule has 1 saturated heterocycles. The molecule has 1 aliphatic rings. The lowest BCUT2D eigenvalue weighted by atomic mass is 9.96. The van der Waals surface area contributed by atoms with E-state index in [1.807, 2.05) is 30.3 Å². The van der Waals surface area contributed by atoms with Gasteiger partial charge in [-0.1, -0.05) is 38.7 Å². The fourth-order valence-corrected chi connectivity index (χ4v) is 6.41. The van der Waals surface area contributed by atoms with E-state index in [0.717, 1.165) is 56.0 Å². The molecule has 1 aliphatic heterocycles. The summed E-state index contributed by atoms with van der Waals surface area (Å²) < 4.78 is 37.7. The molecule has 0 aliphatic carbocycles. The molecule has 0 spiro atoms. The molecule has 0 bridgehead atoms. The summed E-state index contributed by atoms with van der Waals surface area (Å²) in [5.74, 6) is 1.04. The Hall–Kier alpha value is -1.55. The summed E-state index contributed by atoms with van der Waals surface area (Å²) in [5.41, 5.74) is 3.46. The molecule has 2 aromatic heterocycles. The number of H-pyrrole nitrogens is 1. The predicted molar refractivity (Wildman–Crippen MR) is 176 cm³/mol. The van der Waals surface area contributed by atoms with Crippen LogP contribution >= 0.6 is 45.2 Å². The third kappa shape index (κ3) is 6.58. The Morgan fingerprint density at radius 3 is 2.62 bits per heavy atom. The van der Waals surface area contributed by atoms with Crippen molar-refractivity contribution in [2.45, 2.75) is 64.5 Å². The van der Waals surface area contributed by atoms with Crippen LogP contribution in [0.5, 0.6) is 5.75 Å². The van der Waals surface area contributed by atoms with Gasteiger partial charge in [0.1, 0.15) is 24.4 Å². The van der Waals surface area contributed by atoms with E-state index in [-0.39, 0.29) is 18.8 Å². The lowest BCUT2D eigenvalue weighted by Crippen LogP contribution is -2.22. The number of imidazole rings is 1. The molecule has 5 rings (SSSR count). The lowest BCUT2D eigenvalue weighted by molar-refractivity contribution is -0.0368. The molecular formula is C29H35FI2N4O3Si. The molecule has 1 N–H and O–H groups in total. The molecular weight excluding hydrogens is 753 g/mol. The number of nitrogens with one attached hydrogen (secondary N) is 1. The second-order valence-electron chi connectivity index (χ2n) is 11.3. The molecule has 214 valence electrons. The number of aromatic nitrogens is 4. The average molecular weight is 789 g/mol. The van der Waals surface area contributed by atoms with E-state index < -0.39 is 8.07 Å². The lowest BCUT2D eigenvalue weighted by Gasteiger charge is -2.23. The summed E-state index contributed by atoms with van der Waals surface area (Å²) in [6.45, 7) is 10.6. The van der Waals surface area contributed by atoms with Gasteiger partial charge in [-0.3, -0.25) is 0 Å². The number of nitrogens with zero attached hydrogens (tertiary/aromatic N) is 3. The first-order valence-electron chi connectivity index (χ1n) is 13.7. The SMILES string of the molecule is CCc1cc(OCOCC[Si](C)(C)C)ccc1-c1ccc2c(-c3nc(I)c(I)[nH]3)nn(C3CCCCO3)c2c1F. The van der Waals surface area contributed by atoms with E-state index in [1.54, 1.807) is 4.68 Å². The van der Waals surface area contributed by atoms with Crippen LogP contribution in [-0.2, 0) is 15.9 Å². The predicted octanol–water partition coefficient (Wildman–Crippen LogP) is 8.39. The first kappa shape index (κ1) is 29.9. The number of hydrogen-bond acceptors (Lipinski definition) is 5. The highest BCUT2D eigenvalue weighted by atomic mass is 127. The minimum absolute atomic E-state index is 0.210. The first-order valence-corrected chi connectivity index (χ1v) is 19.6. The van der Waals surface area contributed by atoms with Gasteiger partial charge in [-0.2, -0.15) is 5.10 Å². The van der Waals surface area contributed by atoms with Crippen molar-refractivity contribution in [1.82, 2.24) is 19.7 Å². The second-order valence-corrected chi connectivity index (χ2v) is 19.0. The monoisotopic (exact) mass is 788 g/mol. The van der Waals surface area contributed by atoms with Crippen LogP contribution in [-0.4, -0.2) is 47.8 Å². The van der Waals surface area contributed by atoms with Gasteiger partial charge in [0.05, 0.1) is 0 Å². The van der Waals surface area contributed by atoms with Gasteiger partial charge in [0.25, 0.3) is 0 Å². The van der Waals surface area contributed by atoms with Crippen molar-refractivity contribution in [3.63, 3.8) is 0 Å². The summed E-state index contributed by atoms with van der Waals surface area (Å²) in [4.78, 5) is 7.94. The van der Waals surface area contributed by atoms with Crippen LogP contribution in [0.2, 0.25) is 25.7 Å². The highest BCUT2D eigenvalue weighted by Crippen LogP contribution is 2.39. The molecule has 7 nitrogen and oxygen atoms in total. The van der Waals surface area contributed by atoms with Gasteiger partial charge < -0.3 is 19.2 Å². The normalized spacial score (nSPS) is 16.1. The maximum Gasteiger partial charge on any atom is 0.189 e. The van der Waals surface area contributed by atoms with Crippen molar-refractivity contribution >= 4 is 64.2 Å². The van der Waals surface area contributed by atoms with Crippen LogP contribution in [0, 0.1) is 13.2 Å². The minimum atomic E-state index is -1.14. The Balaban J connectivity index is 1.50. The van der Waals surface area contributed by atoms with Gasteiger partial charge >= 0.3 is 0 Å². The Bertz CT molecular complexity index is 1480. The summed E-state index contributed by atoms with van der Waals surface area (Å²) >= 11 is 4.41. The van der Waals surface area contributed by atoms with Crippen LogP contribution in [0.4, 0.5) is 4.39 Å². The van der Waals surface area contributed by atoms with Gasteiger partial charge in [-0.15, -0.1) is 0 Å². The number of hydrogen-bond donors (Lipinski definition) is 1. The number of ether oxygens (including phenoxy) is 3. The van der Waals surface area contributed by atoms with Crippen LogP contribution < -0.4 is 4.74 Å². The van der Waals surface area contributed by atoms with Crippen molar-refractivity contribution in [3.05, 3.63) is 49.1 Å². The van der Waals surface area contributed by atoms with Crippen molar-refractivity contribution in [2.24, 2.45) is 0 Å². The van der Waals surface area contributed by atoms with Gasteiger partial charge in [0, 0.05) is 32.2 Å². The Labute approximate surface area is 262 Å². The molecule has 1 unspecified atom stereocenters. The van der Waals surface area contributed by atoms with Crippen LogP contribution in [0.15, 0.2) is 30.3 Å². The molecule has 1 fully saturated rings. The van der Waals surface area contributed by atoms with E-state index in [9.17, 15) is 0 Å². The van der Waals surface area contributed by atoms with Crippen molar-refractivity contribution < 1.29 is 18.6 Å². The summed E-state index contributed by atoms with van der Waals surface area (Å²) in [5, 5.41) is 5.59. The molecule has 11 heteroatoms. The van der Waals surface area contributed by atoms with E-state index in [0.29, 0.717) is 41.2 Å². The van der Waals surface area contributed by atoms with Gasteiger partial charge in [0.2, 0.25) is 0 Å². The molecule has 40 heavy (non-hydrogen) atoms. The zero-order chi connectivity index (χ0) is 28.4. The fraction of sp³-hybridized carbons (Fsp3) is 0.448. The quantitative estimate of drug-likeness (QED) is 0.0757. The zero-order valence-electron chi connectivity index (χ0n) is 23.3.